The number of aryl methyl sites for hydroxylation is 1. The molecule has 0 aromatic carbocycles. The van der Waals surface area contributed by atoms with Gasteiger partial charge in [0.25, 0.3) is 0 Å². The average Bonchev–Trinajstić information content (AvgIpc) is 2.82. The third-order valence-electron chi connectivity index (χ3n) is 4.19. The van der Waals surface area contributed by atoms with Gasteiger partial charge in [0.1, 0.15) is 4.90 Å². The molecule has 6 heteroatoms. The van der Waals surface area contributed by atoms with E-state index in [1.165, 1.54) is 24.2 Å². The Kier molecular flexibility index (Phi) is 5.82. The minimum absolute atomic E-state index is 0.538. The van der Waals surface area contributed by atoms with E-state index in [2.05, 4.69) is 12.2 Å². The van der Waals surface area contributed by atoms with Gasteiger partial charge in [0.15, 0.2) is 0 Å². The molecule has 4 nitrogen and oxygen atoms in total. The molecule has 2 heterocycles. The molecule has 0 radical (unpaired) electrons. The van der Waals surface area contributed by atoms with Gasteiger partial charge < -0.3 is 5.32 Å². The van der Waals surface area contributed by atoms with Crippen molar-refractivity contribution in [1.29, 1.82) is 0 Å². The van der Waals surface area contributed by atoms with Gasteiger partial charge in [-0.15, -0.1) is 11.3 Å². The highest BCUT2D eigenvalue weighted by atomic mass is 32.2. The molecule has 0 bridgehead atoms. The molecular weight excluding hydrogens is 304 g/mol. The van der Waals surface area contributed by atoms with Crippen molar-refractivity contribution in [1.82, 2.24) is 9.62 Å². The van der Waals surface area contributed by atoms with Crippen LogP contribution in [0.4, 0.5) is 0 Å². The van der Waals surface area contributed by atoms with Gasteiger partial charge in [-0.1, -0.05) is 19.8 Å². The van der Waals surface area contributed by atoms with Gasteiger partial charge in [-0.05, 0) is 43.7 Å². The van der Waals surface area contributed by atoms with E-state index < -0.39 is 10.0 Å². The molecule has 1 aromatic heterocycles. The molecule has 0 aliphatic carbocycles. The molecule has 2 rings (SSSR count). The minimum Gasteiger partial charge on any atom is -0.315 e. The van der Waals surface area contributed by atoms with Gasteiger partial charge in [0.05, 0.1) is 0 Å². The first-order chi connectivity index (χ1) is 10.0. The second kappa shape index (κ2) is 7.22. The molecule has 1 aliphatic rings. The average molecular weight is 331 g/mol. The highest BCUT2D eigenvalue weighted by Gasteiger charge is 2.32. The maximum atomic E-state index is 12.9. The van der Waals surface area contributed by atoms with Gasteiger partial charge >= 0.3 is 0 Å². The summed E-state index contributed by atoms with van der Waals surface area (Å²) in [4.78, 5) is 1.46. The molecule has 1 aliphatic heterocycles. The van der Waals surface area contributed by atoms with Crippen LogP contribution >= 0.6 is 11.3 Å². The van der Waals surface area contributed by atoms with E-state index in [0.717, 1.165) is 23.3 Å². The maximum absolute atomic E-state index is 12.9. The Hall–Kier alpha value is -0.430. The first-order valence-electron chi connectivity index (χ1n) is 7.72. The molecule has 0 saturated carbocycles. The number of sulfonamides is 1. The van der Waals surface area contributed by atoms with Gasteiger partial charge in [-0.2, -0.15) is 4.31 Å². The van der Waals surface area contributed by atoms with E-state index in [4.69, 9.17) is 0 Å². The van der Waals surface area contributed by atoms with Crippen molar-refractivity contribution in [3.05, 3.63) is 15.8 Å². The summed E-state index contributed by atoms with van der Waals surface area (Å²) < 4.78 is 27.6. The molecule has 1 N–H and O–H groups in total. The summed E-state index contributed by atoms with van der Waals surface area (Å²) in [5.41, 5.74) is 0.876. The quantitative estimate of drug-likeness (QED) is 0.872. The van der Waals surface area contributed by atoms with Gasteiger partial charge in [-0.25, -0.2) is 8.42 Å². The van der Waals surface area contributed by atoms with Crippen molar-refractivity contribution in [3.63, 3.8) is 0 Å². The van der Waals surface area contributed by atoms with E-state index in [1.54, 1.807) is 4.31 Å². The lowest BCUT2D eigenvalue weighted by molar-refractivity contribution is 0.262. The molecule has 120 valence electrons. The van der Waals surface area contributed by atoms with Crippen LogP contribution in [-0.2, 0) is 16.6 Å². The first-order valence-corrected chi connectivity index (χ1v) is 10.0. The number of hydrogen-bond acceptors (Lipinski definition) is 4. The highest BCUT2D eigenvalue weighted by Crippen LogP contribution is 2.32. The molecule has 1 fully saturated rings. The second-order valence-corrected chi connectivity index (χ2v) is 8.68. The highest BCUT2D eigenvalue weighted by molar-refractivity contribution is 7.89. The summed E-state index contributed by atoms with van der Waals surface area (Å²) in [5.74, 6) is 0.696. The van der Waals surface area contributed by atoms with E-state index in [-0.39, 0.29) is 0 Å². The van der Waals surface area contributed by atoms with Crippen molar-refractivity contribution in [3.8, 4) is 0 Å². The van der Waals surface area contributed by atoms with Crippen molar-refractivity contribution < 1.29 is 8.42 Å². The third kappa shape index (κ3) is 3.67. The normalized spacial score (nSPS) is 18.2. The number of nitrogens with zero attached hydrogens (tertiary/aromatic N) is 1. The Labute approximate surface area is 132 Å². The Morgan fingerprint density at radius 1 is 1.38 bits per heavy atom. The lowest BCUT2D eigenvalue weighted by Gasteiger charge is -2.31. The predicted molar refractivity (Wildman–Crippen MR) is 88.2 cm³/mol. The lowest BCUT2D eigenvalue weighted by atomic mass is 9.94. The van der Waals surface area contributed by atoms with Crippen LogP contribution in [-0.4, -0.2) is 32.9 Å². The summed E-state index contributed by atoms with van der Waals surface area (Å²) in [5, 5.41) is 5.01. The van der Waals surface area contributed by atoms with Crippen molar-refractivity contribution in [2.75, 3.05) is 20.1 Å². The van der Waals surface area contributed by atoms with E-state index >= 15 is 0 Å². The molecule has 0 amide bonds. The van der Waals surface area contributed by atoms with Crippen LogP contribution in [0, 0.1) is 12.8 Å². The molecule has 0 atom stereocenters. The van der Waals surface area contributed by atoms with Crippen LogP contribution in [0.15, 0.2) is 10.3 Å². The number of rotatable bonds is 6. The maximum Gasteiger partial charge on any atom is 0.244 e. The predicted octanol–water partition coefficient (Wildman–Crippen LogP) is 2.98. The SMILES string of the molecule is CCCC1CCN(S(=O)(=O)c2c(C)csc2CNC)CC1. The largest absolute Gasteiger partial charge is 0.315 e. The van der Waals surface area contributed by atoms with Crippen LogP contribution < -0.4 is 5.32 Å². The van der Waals surface area contributed by atoms with E-state index in [0.29, 0.717) is 30.4 Å². The van der Waals surface area contributed by atoms with Crippen LogP contribution in [0.5, 0.6) is 0 Å². The second-order valence-electron chi connectivity index (χ2n) is 5.84. The summed E-state index contributed by atoms with van der Waals surface area (Å²) in [6.45, 7) is 6.04. The fourth-order valence-electron chi connectivity index (χ4n) is 3.09. The Balaban J connectivity index is 2.18. The minimum atomic E-state index is -3.34. The Morgan fingerprint density at radius 3 is 2.62 bits per heavy atom. The number of hydrogen-bond donors (Lipinski definition) is 1. The summed E-state index contributed by atoms with van der Waals surface area (Å²) >= 11 is 1.53. The van der Waals surface area contributed by atoms with Crippen molar-refractivity contribution in [2.45, 2.75) is 51.0 Å². The first kappa shape index (κ1) is 16.9. The fourth-order valence-corrected chi connectivity index (χ4v) is 6.33. The molecule has 0 spiro atoms. The zero-order chi connectivity index (χ0) is 15.5. The molecule has 1 aromatic rings. The van der Waals surface area contributed by atoms with Crippen molar-refractivity contribution in [2.24, 2.45) is 5.92 Å². The lowest BCUT2D eigenvalue weighted by Crippen LogP contribution is -2.38. The Morgan fingerprint density at radius 2 is 2.05 bits per heavy atom. The smallest absolute Gasteiger partial charge is 0.244 e. The summed E-state index contributed by atoms with van der Waals surface area (Å²) in [7, 11) is -1.49. The van der Waals surface area contributed by atoms with Crippen molar-refractivity contribution >= 4 is 21.4 Å². The molecule has 0 unspecified atom stereocenters. The zero-order valence-electron chi connectivity index (χ0n) is 13.2. The number of nitrogens with one attached hydrogen (secondary N) is 1. The van der Waals surface area contributed by atoms with Gasteiger partial charge in [0, 0.05) is 24.5 Å². The zero-order valence-corrected chi connectivity index (χ0v) is 14.8. The molecule has 1 saturated heterocycles. The van der Waals surface area contributed by atoms with Gasteiger partial charge in [-0.3, -0.25) is 0 Å². The topological polar surface area (TPSA) is 49.4 Å². The Bertz CT molecular complexity index is 558. The monoisotopic (exact) mass is 330 g/mol. The van der Waals surface area contributed by atoms with Crippen LogP contribution in [0.2, 0.25) is 0 Å². The molecular formula is C15H26N2O2S2. The number of thiophene rings is 1. The fraction of sp³-hybridized carbons (Fsp3) is 0.733. The van der Waals surface area contributed by atoms with Crippen LogP contribution in [0.1, 0.15) is 43.0 Å². The summed E-state index contributed by atoms with van der Waals surface area (Å²) in [6.07, 6.45) is 4.40. The molecule has 21 heavy (non-hydrogen) atoms. The van der Waals surface area contributed by atoms with E-state index in [1.807, 2.05) is 19.4 Å². The van der Waals surface area contributed by atoms with Crippen LogP contribution in [0.25, 0.3) is 0 Å². The standard InChI is InChI=1S/C15H26N2O2S2/c1-4-5-13-6-8-17(9-7-13)21(18,19)15-12(2)11-20-14(15)10-16-3/h11,13,16H,4-10H2,1-3H3. The van der Waals surface area contributed by atoms with E-state index in [9.17, 15) is 8.42 Å². The van der Waals surface area contributed by atoms with Gasteiger partial charge in [0.2, 0.25) is 10.0 Å². The summed E-state index contributed by atoms with van der Waals surface area (Å²) in [6, 6.07) is 0. The van der Waals surface area contributed by atoms with Crippen LogP contribution in [0.3, 0.4) is 0 Å². The third-order valence-corrected chi connectivity index (χ3v) is 7.56. The number of piperidine rings is 1.